The maximum absolute atomic E-state index is 5.50. The molecular formula is C8H14O. The van der Waals surface area contributed by atoms with Crippen molar-refractivity contribution in [3.05, 3.63) is 0 Å². The molecule has 9 heavy (non-hydrogen) atoms. The summed E-state index contributed by atoms with van der Waals surface area (Å²) in [7, 11) is 0. The zero-order chi connectivity index (χ0) is 6.48. The van der Waals surface area contributed by atoms with Crippen LogP contribution in [0.25, 0.3) is 0 Å². The van der Waals surface area contributed by atoms with Crippen LogP contribution in [-0.2, 0) is 4.74 Å². The Morgan fingerprint density at radius 2 is 2.22 bits per heavy atom. The highest BCUT2D eigenvalue weighted by Crippen LogP contribution is 2.58. The number of hydrogen-bond acceptors (Lipinski definition) is 1. The van der Waals surface area contributed by atoms with Crippen molar-refractivity contribution in [3.8, 4) is 0 Å². The Hall–Kier alpha value is -0.0400. The van der Waals surface area contributed by atoms with Crippen molar-refractivity contribution >= 4 is 0 Å². The third-order valence-electron chi connectivity index (χ3n) is 2.87. The maximum Gasteiger partial charge on any atom is 0.0552 e. The van der Waals surface area contributed by atoms with Gasteiger partial charge >= 0.3 is 0 Å². The van der Waals surface area contributed by atoms with Crippen molar-refractivity contribution < 1.29 is 4.74 Å². The molecule has 1 heterocycles. The van der Waals surface area contributed by atoms with E-state index in [0.29, 0.717) is 11.5 Å². The van der Waals surface area contributed by atoms with E-state index in [2.05, 4.69) is 13.8 Å². The lowest BCUT2D eigenvalue weighted by atomic mass is 9.97. The van der Waals surface area contributed by atoms with E-state index in [-0.39, 0.29) is 0 Å². The van der Waals surface area contributed by atoms with Crippen molar-refractivity contribution in [2.45, 2.75) is 32.8 Å². The lowest BCUT2D eigenvalue weighted by molar-refractivity contribution is 0.00280. The van der Waals surface area contributed by atoms with Gasteiger partial charge in [-0.2, -0.15) is 0 Å². The fraction of sp³-hybridized carbons (Fsp3) is 1.00. The Bertz CT molecular complexity index is 133. The second kappa shape index (κ2) is 1.51. The molecule has 0 aromatic carbocycles. The molecule has 2 aliphatic rings. The van der Waals surface area contributed by atoms with Crippen LogP contribution in [0.15, 0.2) is 0 Å². The summed E-state index contributed by atoms with van der Waals surface area (Å²) < 4.78 is 5.50. The van der Waals surface area contributed by atoms with Crippen LogP contribution in [0.4, 0.5) is 0 Å². The molecule has 1 aliphatic carbocycles. The van der Waals surface area contributed by atoms with E-state index in [0.717, 1.165) is 12.5 Å². The number of hydrogen-bond donors (Lipinski definition) is 0. The lowest BCUT2D eigenvalue weighted by Crippen LogP contribution is -2.22. The van der Waals surface area contributed by atoms with Gasteiger partial charge < -0.3 is 4.74 Å². The first-order valence-corrected chi connectivity index (χ1v) is 3.82. The molecule has 0 aromatic rings. The lowest BCUT2D eigenvalue weighted by Gasteiger charge is -2.23. The molecule has 2 fully saturated rings. The zero-order valence-electron chi connectivity index (χ0n) is 6.18. The van der Waals surface area contributed by atoms with Crippen LogP contribution in [0.3, 0.4) is 0 Å². The Kier molecular flexibility index (Phi) is 0.963. The Labute approximate surface area is 56.4 Å². The van der Waals surface area contributed by atoms with E-state index < -0.39 is 0 Å². The molecule has 1 saturated carbocycles. The molecule has 0 N–H and O–H groups in total. The largest absolute Gasteiger partial charge is 0.378 e. The van der Waals surface area contributed by atoms with Crippen molar-refractivity contribution in [2.24, 2.45) is 11.3 Å². The summed E-state index contributed by atoms with van der Waals surface area (Å²) >= 11 is 0. The first kappa shape index (κ1) is 5.72. The first-order chi connectivity index (χ1) is 4.21. The van der Waals surface area contributed by atoms with Crippen LogP contribution in [0.5, 0.6) is 0 Å². The van der Waals surface area contributed by atoms with Crippen LogP contribution in [0.1, 0.15) is 26.7 Å². The zero-order valence-corrected chi connectivity index (χ0v) is 6.18. The van der Waals surface area contributed by atoms with E-state index in [1.165, 1.54) is 12.8 Å². The van der Waals surface area contributed by atoms with Gasteiger partial charge in [-0.15, -0.1) is 0 Å². The maximum atomic E-state index is 5.50. The Morgan fingerprint density at radius 3 is 2.78 bits per heavy atom. The van der Waals surface area contributed by atoms with Gasteiger partial charge in [0.1, 0.15) is 0 Å². The average molecular weight is 126 g/mol. The van der Waals surface area contributed by atoms with Crippen molar-refractivity contribution in [1.29, 1.82) is 0 Å². The third kappa shape index (κ3) is 0.787. The van der Waals surface area contributed by atoms with E-state index in [9.17, 15) is 0 Å². The van der Waals surface area contributed by atoms with E-state index in [1.807, 2.05) is 0 Å². The van der Waals surface area contributed by atoms with Crippen LogP contribution in [-0.4, -0.2) is 12.7 Å². The Balaban J connectivity index is 2.03. The Morgan fingerprint density at radius 1 is 1.44 bits per heavy atom. The molecule has 1 aliphatic heterocycles. The van der Waals surface area contributed by atoms with E-state index in [1.54, 1.807) is 0 Å². The highest BCUT2D eigenvalue weighted by atomic mass is 16.5. The highest BCUT2D eigenvalue weighted by molar-refractivity contribution is 5.01. The summed E-state index contributed by atoms with van der Waals surface area (Å²) in [4.78, 5) is 0. The monoisotopic (exact) mass is 126 g/mol. The second-order valence-electron chi connectivity index (χ2n) is 3.90. The summed E-state index contributed by atoms with van der Waals surface area (Å²) in [5.74, 6) is 0.911. The van der Waals surface area contributed by atoms with Gasteiger partial charge in [0, 0.05) is 0 Å². The van der Waals surface area contributed by atoms with Crippen LogP contribution < -0.4 is 0 Å². The molecule has 0 radical (unpaired) electrons. The van der Waals surface area contributed by atoms with Crippen molar-refractivity contribution in [1.82, 2.24) is 0 Å². The molecular weight excluding hydrogens is 112 g/mol. The van der Waals surface area contributed by atoms with Gasteiger partial charge in [0.15, 0.2) is 0 Å². The quantitative estimate of drug-likeness (QED) is 0.481. The van der Waals surface area contributed by atoms with Crippen molar-refractivity contribution in [3.63, 3.8) is 0 Å². The molecule has 0 bridgehead atoms. The molecule has 3 atom stereocenters. The molecule has 1 heteroatoms. The highest BCUT2D eigenvalue weighted by Gasteiger charge is 2.53. The SMILES string of the molecule is C[C@@H]1C[C@@]2(C)C[C@H]2CO1. The minimum atomic E-state index is 0.522. The predicted molar refractivity (Wildman–Crippen MR) is 36.2 cm³/mol. The van der Waals surface area contributed by atoms with Gasteiger partial charge in [-0.05, 0) is 31.1 Å². The van der Waals surface area contributed by atoms with Gasteiger partial charge in [0.2, 0.25) is 0 Å². The molecule has 0 spiro atoms. The van der Waals surface area contributed by atoms with Gasteiger partial charge in [-0.25, -0.2) is 0 Å². The molecule has 0 unspecified atom stereocenters. The molecule has 0 aromatic heterocycles. The summed E-state index contributed by atoms with van der Waals surface area (Å²) in [6.07, 6.45) is 3.23. The summed E-state index contributed by atoms with van der Waals surface area (Å²) in [6, 6.07) is 0. The molecule has 1 nitrogen and oxygen atoms in total. The standard InChI is InChI=1S/C8H14O/c1-6-3-8(2)4-7(8)5-9-6/h6-7H,3-5H2,1-2H3/t6-,7+,8+/m1/s1. The fourth-order valence-corrected chi connectivity index (χ4v) is 2.01. The van der Waals surface area contributed by atoms with E-state index >= 15 is 0 Å². The summed E-state index contributed by atoms with van der Waals surface area (Å²) in [5, 5.41) is 0. The first-order valence-electron chi connectivity index (χ1n) is 3.82. The van der Waals surface area contributed by atoms with E-state index in [4.69, 9.17) is 4.74 Å². The molecule has 2 rings (SSSR count). The van der Waals surface area contributed by atoms with Gasteiger partial charge in [-0.1, -0.05) is 6.92 Å². The van der Waals surface area contributed by atoms with Crippen LogP contribution in [0.2, 0.25) is 0 Å². The number of rotatable bonds is 0. The molecule has 1 saturated heterocycles. The smallest absolute Gasteiger partial charge is 0.0552 e. The number of ether oxygens (including phenoxy) is 1. The van der Waals surface area contributed by atoms with Gasteiger partial charge in [-0.3, -0.25) is 0 Å². The van der Waals surface area contributed by atoms with Crippen molar-refractivity contribution in [2.75, 3.05) is 6.61 Å². The minimum Gasteiger partial charge on any atom is -0.378 e. The third-order valence-corrected chi connectivity index (χ3v) is 2.87. The van der Waals surface area contributed by atoms with Gasteiger partial charge in [0.05, 0.1) is 12.7 Å². The second-order valence-corrected chi connectivity index (χ2v) is 3.90. The van der Waals surface area contributed by atoms with Gasteiger partial charge in [0.25, 0.3) is 0 Å². The predicted octanol–water partition coefficient (Wildman–Crippen LogP) is 1.82. The summed E-state index contributed by atoms with van der Waals surface area (Å²) in [5.41, 5.74) is 0.692. The molecule has 52 valence electrons. The normalized spacial score (nSPS) is 56.7. The molecule has 0 amide bonds. The van der Waals surface area contributed by atoms with Crippen LogP contribution >= 0.6 is 0 Å². The fourth-order valence-electron chi connectivity index (χ4n) is 2.01. The minimum absolute atomic E-state index is 0.522. The van der Waals surface area contributed by atoms with Crippen LogP contribution in [0, 0.1) is 11.3 Å². The number of fused-ring (bicyclic) bond motifs is 1. The topological polar surface area (TPSA) is 9.23 Å². The average Bonchev–Trinajstić information content (AvgIpc) is 2.38. The summed E-state index contributed by atoms with van der Waals surface area (Å²) in [6.45, 7) is 5.59.